The molecule has 0 heterocycles. The van der Waals surface area contributed by atoms with Crippen LogP contribution in [0.3, 0.4) is 0 Å². The van der Waals surface area contributed by atoms with Crippen LogP contribution in [0, 0.1) is 36.0 Å². The van der Waals surface area contributed by atoms with Crippen LogP contribution in [-0.4, -0.2) is 11.6 Å². The lowest BCUT2D eigenvalue weighted by Crippen LogP contribution is -2.59. The number of carbonyl (C=O) groups is 1. The highest BCUT2D eigenvalue weighted by atomic mass is 32.2. The standard InChI is InChI=1S/C31H29O2S/c1-2-31(25-18-22-17-23(20-25)21-26(31)19-22)33-30(32)24-13-15-29(16-14-24)34(27-9-5-3-6-10-27)28-11-7-4-8-12-28/h1,3-16,22-23,25-26H,17-21H2/q+1. The lowest BCUT2D eigenvalue weighted by Gasteiger charge is -2.58. The molecular formula is C31H29O2S+. The maximum Gasteiger partial charge on any atom is 0.339 e. The van der Waals surface area contributed by atoms with Gasteiger partial charge in [-0.15, -0.1) is 6.42 Å². The fraction of sp³-hybridized carbons (Fsp3) is 0.323. The third kappa shape index (κ3) is 3.65. The first-order chi connectivity index (χ1) is 16.7. The van der Waals surface area contributed by atoms with Crippen LogP contribution < -0.4 is 0 Å². The molecule has 0 unspecified atom stereocenters. The Labute approximate surface area is 205 Å². The molecule has 2 nitrogen and oxygen atoms in total. The zero-order valence-electron chi connectivity index (χ0n) is 19.2. The van der Waals surface area contributed by atoms with Crippen LogP contribution in [0.25, 0.3) is 0 Å². The summed E-state index contributed by atoms with van der Waals surface area (Å²) in [6, 6.07) is 29.0. The largest absolute Gasteiger partial charge is 0.442 e. The van der Waals surface area contributed by atoms with Gasteiger partial charge in [-0.25, -0.2) is 4.79 Å². The van der Waals surface area contributed by atoms with Gasteiger partial charge in [0.2, 0.25) is 0 Å². The SMILES string of the molecule is C#CC1(OC(=O)c2ccc([S+](c3ccccc3)c3ccccc3)cc2)C2CC3CC(C2)CC1C3. The Morgan fingerprint density at radius 2 is 1.21 bits per heavy atom. The number of hydrogen-bond acceptors (Lipinski definition) is 2. The van der Waals surface area contributed by atoms with Gasteiger partial charge in [-0.1, -0.05) is 42.3 Å². The van der Waals surface area contributed by atoms with Crippen LogP contribution in [0.5, 0.6) is 0 Å². The highest BCUT2D eigenvalue weighted by Gasteiger charge is 2.59. The van der Waals surface area contributed by atoms with E-state index in [1.54, 1.807) is 0 Å². The van der Waals surface area contributed by atoms with E-state index in [1.807, 2.05) is 24.3 Å². The van der Waals surface area contributed by atoms with Crippen LogP contribution in [0.4, 0.5) is 0 Å². The van der Waals surface area contributed by atoms with Crippen LogP contribution >= 0.6 is 0 Å². The quantitative estimate of drug-likeness (QED) is 0.236. The lowest BCUT2D eigenvalue weighted by atomic mass is 9.50. The van der Waals surface area contributed by atoms with Crippen molar-refractivity contribution in [2.45, 2.75) is 52.4 Å². The molecule has 0 aromatic heterocycles. The lowest BCUT2D eigenvalue weighted by molar-refractivity contribution is -0.142. The van der Waals surface area contributed by atoms with Gasteiger partial charge in [0.1, 0.15) is 0 Å². The molecule has 3 aromatic rings. The minimum Gasteiger partial charge on any atom is -0.442 e. The van der Waals surface area contributed by atoms with Gasteiger partial charge < -0.3 is 4.74 Å². The normalized spacial score (nSPS) is 29.1. The third-order valence-corrected chi connectivity index (χ3v) is 10.4. The Hall–Kier alpha value is -2.96. The van der Waals surface area contributed by atoms with Gasteiger partial charge in [-0.2, -0.15) is 0 Å². The molecule has 0 aliphatic heterocycles. The summed E-state index contributed by atoms with van der Waals surface area (Å²) in [5.74, 6) is 4.90. The second-order valence-corrected chi connectivity index (χ2v) is 12.1. The number of benzene rings is 3. The van der Waals surface area contributed by atoms with Crippen LogP contribution in [0.15, 0.2) is 99.6 Å². The van der Waals surface area contributed by atoms with E-state index in [-0.39, 0.29) is 16.9 Å². The van der Waals surface area contributed by atoms with Gasteiger partial charge >= 0.3 is 5.97 Å². The zero-order valence-corrected chi connectivity index (χ0v) is 20.0. The summed E-state index contributed by atoms with van der Waals surface area (Å²) < 4.78 is 6.25. The molecule has 4 saturated carbocycles. The molecule has 4 fully saturated rings. The predicted octanol–water partition coefficient (Wildman–Crippen LogP) is 6.77. The summed E-state index contributed by atoms with van der Waals surface area (Å²) in [4.78, 5) is 17.0. The monoisotopic (exact) mass is 465 g/mol. The van der Waals surface area contributed by atoms with Crippen molar-refractivity contribution in [3.63, 3.8) is 0 Å². The Kier molecular flexibility index (Phi) is 5.50. The first-order valence-corrected chi connectivity index (χ1v) is 13.5. The predicted molar refractivity (Wildman–Crippen MR) is 136 cm³/mol. The number of hydrogen-bond donors (Lipinski definition) is 0. The summed E-state index contributed by atoms with van der Waals surface area (Å²) in [5.41, 5.74) is -0.140. The molecule has 0 atom stereocenters. The summed E-state index contributed by atoms with van der Waals surface area (Å²) in [6.45, 7) is 0. The highest BCUT2D eigenvalue weighted by molar-refractivity contribution is 7.97. The summed E-state index contributed by atoms with van der Waals surface area (Å²) in [7, 11) is -0.240. The Morgan fingerprint density at radius 1 is 0.735 bits per heavy atom. The number of carbonyl (C=O) groups excluding carboxylic acids is 1. The van der Waals surface area contributed by atoms with Gasteiger partial charge in [0.05, 0.1) is 16.5 Å². The average molecular weight is 466 g/mol. The van der Waals surface area contributed by atoms with E-state index >= 15 is 0 Å². The first-order valence-electron chi connectivity index (χ1n) is 12.3. The van der Waals surface area contributed by atoms with Crippen LogP contribution in [0.2, 0.25) is 0 Å². The second kappa shape index (κ2) is 8.67. The van der Waals surface area contributed by atoms with Crippen molar-refractivity contribution >= 4 is 16.9 Å². The van der Waals surface area contributed by atoms with Crippen LogP contribution in [0.1, 0.15) is 42.5 Å². The molecular weight excluding hydrogens is 436 g/mol. The van der Waals surface area contributed by atoms with Crippen molar-refractivity contribution < 1.29 is 9.53 Å². The summed E-state index contributed by atoms with van der Waals surface area (Å²) in [5, 5.41) is 0. The average Bonchev–Trinajstić information content (AvgIpc) is 2.88. The first kappa shape index (κ1) is 21.6. The van der Waals surface area contributed by atoms with E-state index in [1.165, 1.54) is 21.1 Å². The molecule has 4 aliphatic rings. The minimum absolute atomic E-state index is 0.240. The number of ether oxygens (including phenoxy) is 1. The van der Waals surface area contributed by atoms with Gasteiger partial charge in [-0.3, -0.25) is 0 Å². The molecule has 0 saturated heterocycles. The molecule has 0 spiro atoms. The maximum absolute atomic E-state index is 13.3. The van der Waals surface area contributed by atoms with Gasteiger partial charge in [0, 0.05) is 11.8 Å². The summed E-state index contributed by atoms with van der Waals surface area (Å²) >= 11 is 0. The molecule has 170 valence electrons. The maximum atomic E-state index is 13.3. The molecule has 0 radical (unpaired) electrons. The number of terminal acetylenes is 1. The second-order valence-electron chi connectivity index (χ2n) is 10.1. The minimum atomic E-state index is -0.721. The van der Waals surface area contributed by atoms with E-state index in [4.69, 9.17) is 11.2 Å². The van der Waals surface area contributed by atoms with Gasteiger partial charge in [-0.05, 0) is 92.5 Å². The third-order valence-electron chi connectivity index (χ3n) is 8.12. The van der Waals surface area contributed by atoms with Crippen molar-refractivity contribution in [1.82, 2.24) is 0 Å². The molecule has 7 rings (SSSR count). The van der Waals surface area contributed by atoms with E-state index in [9.17, 15) is 4.79 Å². The number of esters is 1. The number of rotatable bonds is 5. The van der Waals surface area contributed by atoms with E-state index in [0.717, 1.165) is 37.5 Å². The van der Waals surface area contributed by atoms with Crippen molar-refractivity contribution in [1.29, 1.82) is 0 Å². The van der Waals surface area contributed by atoms with Crippen molar-refractivity contribution in [2.75, 3.05) is 0 Å². The Morgan fingerprint density at radius 3 is 1.68 bits per heavy atom. The molecule has 0 amide bonds. The molecule has 34 heavy (non-hydrogen) atoms. The molecule has 0 N–H and O–H groups in total. The molecule has 3 aromatic carbocycles. The molecule has 4 bridgehead atoms. The Bertz CT molecular complexity index is 1140. The smallest absolute Gasteiger partial charge is 0.339 e. The topological polar surface area (TPSA) is 26.3 Å². The highest BCUT2D eigenvalue weighted by Crippen LogP contribution is 2.59. The van der Waals surface area contributed by atoms with Crippen molar-refractivity contribution in [2.24, 2.45) is 23.7 Å². The van der Waals surface area contributed by atoms with Crippen molar-refractivity contribution in [3.8, 4) is 12.3 Å². The van der Waals surface area contributed by atoms with Crippen molar-refractivity contribution in [3.05, 3.63) is 90.5 Å². The van der Waals surface area contributed by atoms with Crippen LogP contribution in [-0.2, 0) is 15.6 Å². The molecule has 4 aliphatic carbocycles. The fourth-order valence-corrected chi connectivity index (χ4v) is 8.86. The van der Waals surface area contributed by atoms with Gasteiger partial charge in [0.15, 0.2) is 20.3 Å². The van der Waals surface area contributed by atoms with E-state index < -0.39 is 5.60 Å². The summed E-state index contributed by atoms with van der Waals surface area (Å²) in [6.07, 6.45) is 11.9. The van der Waals surface area contributed by atoms with E-state index in [0.29, 0.717) is 17.4 Å². The Balaban J connectivity index is 1.27. The van der Waals surface area contributed by atoms with E-state index in [2.05, 4.69) is 66.6 Å². The zero-order chi connectivity index (χ0) is 23.1. The molecule has 3 heteroatoms. The van der Waals surface area contributed by atoms with Gasteiger partial charge in [0.25, 0.3) is 0 Å². The fourth-order valence-electron chi connectivity index (χ4n) is 6.78.